The fraction of sp³-hybridized carbons (Fsp3) is 0.318. The normalized spacial score (nSPS) is 28.7. The fourth-order valence-corrected chi connectivity index (χ4v) is 5.17. The molecule has 0 radical (unpaired) electrons. The Kier molecular flexibility index (Phi) is 3.10. The standard InChI is InChI=1S/C22H23N5/c23-17-11-24-18-6-5-12(9-15(17)18)22-14-4-2-1-3-13(14)21-16-10-25-27-19(16)7-8-20(21)26-22/h5-11,15,18,22,24,26H,1-4,23H2,(H,25,27). The van der Waals surface area contributed by atoms with Crippen molar-refractivity contribution in [1.82, 2.24) is 15.5 Å². The van der Waals surface area contributed by atoms with Gasteiger partial charge in [-0.25, -0.2) is 0 Å². The highest BCUT2D eigenvalue weighted by atomic mass is 15.1. The van der Waals surface area contributed by atoms with Crippen LogP contribution in [0.1, 0.15) is 31.2 Å². The molecule has 136 valence electrons. The Morgan fingerprint density at radius 3 is 3.04 bits per heavy atom. The lowest BCUT2D eigenvalue weighted by Gasteiger charge is -2.37. The number of hydrogen-bond acceptors (Lipinski definition) is 4. The molecule has 1 aromatic heterocycles. The Morgan fingerprint density at radius 2 is 2.07 bits per heavy atom. The fourth-order valence-electron chi connectivity index (χ4n) is 5.17. The van der Waals surface area contributed by atoms with E-state index in [9.17, 15) is 0 Å². The number of aromatic amines is 1. The summed E-state index contributed by atoms with van der Waals surface area (Å²) in [5.41, 5.74) is 15.2. The van der Waals surface area contributed by atoms with Gasteiger partial charge in [0.05, 0.1) is 23.8 Å². The molecule has 4 aliphatic rings. The van der Waals surface area contributed by atoms with E-state index in [4.69, 9.17) is 5.73 Å². The van der Waals surface area contributed by atoms with Gasteiger partial charge in [0.2, 0.25) is 0 Å². The third-order valence-corrected chi connectivity index (χ3v) is 6.50. The maximum Gasteiger partial charge on any atom is 0.0730 e. The number of fused-ring (bicyclic) bond motifs is 5. The first-order valence-corrected chi connectivity index (χ1v) is 9.86. The molecule has 3 heterocycles. The Morgan fingerprint density at radius 1 is 1.15 bits per heavy atom. The van der Waals surface area contributed by atoms with Gasteiger partial charge in [-0.05, 0) is 54.5 Å². The van der Waals surface area contributed by atoms with Crippen molar-refractivity contribution in [3.8, 4) is 0 Å². The third-order valence-electron chi connectivity index (χ3n) is 6.50. The summed E-state index contributed by atoms with van der Waals surface area (Å²) in [6.45, 7) is 0. The summed E-state index contributed by atoms with van der Waals surface area (Å²) < 4.78 is 0. The van der Waals surface area contributed by atoms with Gasteiger partial charge in [0, 0.05) is 34.5 Å². The molecule has 0 spiro atoms. The van der Waals surface area contributed by atoms with Crippen LogP contribution in [-0.4, -0.2) is 22.3 Å². The Hall–Kier alpha value is -2.95. The zero-order valence-electron chi connectivity index (χ0n) is 15.1. The van der Waals surface area contributed by atoms with Crippen molar-refractivity contribution in [1.29, 1.82) is 0 Å². The number of allylic oxidation sites excluding steroid dienone is 1. The van der Waals surface area contributed by atoms with Crippen molar-refractivity contribution in [2.24, 2.45) is 11.7 Å². The molecule has 0 saturated carbocycles. The number of nitrogens with two attached hydrogens (primary N) is 1. The number of nitrogens with zero attached hydrogens (tertiary/aromatic N) is 1. The van der Waals surface area contributed by atoms with Crippen LogP contribution in [0.4, 0.5) is 5.69 Å². The third kappa shape index (κ3) is 2.14. The van der Waals surface area contributed by atoms with E-state index in [0.717, 1.165) is 24.1 Å². The minimum Gasteiger partial charge on any atom is -0.400 e. The molecular weight excluding hydrogens is 334 g/mol. The smallest absolute Gasteiger partial charge is 0.0730 e. The zero-order valence-corrected chi connectivity index (χ0v) is 15.1. The maximum absolute atomic E-state index is 6.22. The summed E-state index contributed by atoms with van der Waals surface area (Å²) in [6, 6.07) is 4.86. The number of rotatable bonds is 1. The SMILES string of the molecule is NC1=CNC2C=CC(C3Nc4ccc5[nH]ncc5c4C4=C3CCCC4)=CC12. The maximum atomic E-state index is 6.22. The van der Waals surface area contributed by atoms with E-state index in [-0.39, 0.29) is 12.0 Å². The molecule has 3 unspecified atom stereocenters. The van der Waals surface area contributed by atoms with Gasteiger partial charge in [-0.15, -0.1) is 0 Å². The largest absolute Gasteiger partial charge is 0.400 e. The molecule has 5 nitrogen and oxygen atoms in total. The van der Waals surface area contributed by atoms with Gasteiger partial charge in [-0.1, -0.05) is 18.2 Å². The van der Waals surface area contributed by atoms with Gasteiger partial charge >= 0.3 is 0 Å². The molecule has 5 heteroatoms. The Bertz CT molecular complexity index is 1070. The topological polar surface area (TPSA) is 78.8 Å². The van der Waals surface area contributed by atoms with Gasteiger partial charge in [-0.3, -0.25) is 5.10 Å². The molecule has 27 heavy (non-hydrogen) atoms. The second-order valence-electron chi connectivity index (χ2n) is 8.00. The molecule has 0 amide bonds. The molecule has 0 fully saturated rings. The lowest BCUT2D eigenvalue weighted by molar-refractivity contribution is 0.616. The molecular formula is C22H23N5. The summed E-state index contributed by atoms with van der Waals surface area (Å²) in [6.07, 6.45) is 15.6. The van der Waals surface area contributed by atoms with Crippen molar-refractivity contribution in [3.05, 3.63) is 65.2 Å². The first-order chi connectivity index (χ1) is 13.3. The minimum absolute atomic E-state index is 0.239. The predicted molar refractivity (Wildman–Crippen MR) is 109 cm³/mol. The monoisotopic (exact) mass is 357 g/mol. The van der Waals surface area contributed by atoms with E-state index < -0.39 is 0 Å². The van der Waals surface area contributed by atoms with Gasteiger partial charge in [0.25, 0.3) is 0 Å². The summed E-state index contributed by atoms with van der Waals surface area (Å²) in [4.78, 5) is 0. The highest BCUT2D eigenvalue weighted by Gasteiger charge is 2.34. The number of aromatic nitrogens is 2. The van der Waals surface area contributed by atoms with E-state index in [0.29, 0.717) is 6.04 Å². The second kappa shape index (κ2) is 5.52. The van der Waals surface area contributed by atoms with Crippen molar-refractivity contribution >= 4 is 22.2 Å². The Balaban J connectivity index is 1.50. The van der Waals surface area contributed by atoms with E-state index in [2.05, 4.69) is 51.2 Å². The van der Waals surface area contributed by atoms with E-state index >= 15 is 0 Å². The summed E-state index contributed by atoms with van der Waals surface area (Å²) in [5, 5.41) is 15.8. The van der Waals surface area contributed by atoms with Crippen LogP contribution < -0.4 is 16.4 Å². The van der Waals surface area contributed by atoms with Crippen molar-refractivity contribution < 1.29 is 0 Å². The number of hydrogen-bond donors (Lipinski definition) is 4. The second-order valence-corrected chi connectivity index (χ2v) is 8.00. The number of nitrogens with one attached hydrogen (secondary N) is 3. The van der Waals surface area contributed by atoms with Crippen LogP contribution in [0.3, 0.4) is 0 Å². The summed E-state index contributed by atoms with van der Waals surface area (Å²) >= 11 is 0. The summed E-state index contributed by atoms with van der Waals surface area (Å²) in [7, 11) is 0. The molecule has 0 saturated heterocycles. The molecule has 6 rings (SSSR count). The van der Waals surface area contributed by atoms with Gasteiger partial charge < -0.3 is 16.4 Å². The minimum atomic E-state index is 0.239. The number of anilines is 1. The van der Waals surface area contributed by atoms with Crippen molar-refractivity contribution in [2.75, 3.05) is 5.32 Å². The van der Waals surface area contributed by atoms with Gasteiger partial charge in [0.15, 0.2) is 0 Å². The van der Waals surface area contributed by atoms with Gasteiger partial charge in [0.1, 0.15) is 0 Å². The number of benzene rings is 1. The zero-order chi connectivity index (χ0) is 18.0. The van der Waals surface area contributed by atoms with Crippen LogP contribution in [0.15, 0.2) is 59.6 Å². The Labute approximate surface area is 158 Å². The highest BCUT2D eigenvalue weighted by Crippen LogP contribution is 2.46. The van der Waals surface area contributed by atoms with E-state index in [1.807, 2.05) is 12.4 Å². The molecule has 3 atom stereocenters. The van der Waals surface area contributed by atoms with Crippen molar-refractivity contribution in [2.45, 2.75) is 37.8 Å². The molecule has 2 aliphatic carbocycles. The quantitative estimate of drug-likeness (QED) is 0.629. The molecule has 2 aromatic rings. The molecule has 2 aliphatic heterocycles. The average molecular weight is 357 g/mol. The van der Waals surface area contributed by atoms with Crippen LogP contribution in [0.25, 0.3) is 16.5 Å². The van der Waals surface area contributed by atoms with Crippen LogP contribution in [-0.2, 0) is 0 Å². The molecule has 0 bridgehead atoms. The van der Waals surface area contributed by atoms with Crippen molar-refractivity contribution in [3.63, 3.8) is 0 Å². The first kappa shape index (κ1) is 15.1. The van der Waals surface area contributed by atoms with Crippen LogP contribution in [0.2, 0.25) is 0 Å². The lowest BCUT2D eigenvalue weighted by Crippen LogP contribution is -2.34. The molecule has 1 aromatic carbocycles. The van der Waals surface area contributed by atoms with Gasteiger partial charge in [-0.2, -0.15) is 5.10 Å². The van der Waals surface area contributed by atoms with Crippen LogP contribution in [0, 0.1) is 5.92 Å². The number of H-pyrrole nitrogens is 1. The van der Waals surface area contributed by atoms with Crippen LogP contribution >= 0.6 is 0 Å². The molecule has 5 N–H and O–H groups in total. The average Bonchev–Trinajstić information content (AvgIpc) is 3.33. The lowest BCUT2D eigenvalue weighted by atomic mass is 9.76. The van der Waals surface area contributed by atoms with E-state index in [1.54, 1.807) is 5.57 Å². The predicted octanol–water partition coefficient (Wildman–Crippen LogP) is 3.57. The first-order valence-electron chi connectivity index (χ1n) is 9.86. The summed E-state index contributed by atoms with van der Waals surface area (Å²) in [5.74, 6) is 0.261. The van der Waals surface area contributed by atoms with Crippen LogP contribution in [0.5, 0.6) is 0 Å². The van der Waals surface area contributed by atoms with E-state index in [1.165, 1.54) is 40.6 Å². The highest BCUT2D eigenvalue weighted by molar-refractivity contribution is 6.00.